The second-order valence-electron chi connectivity index (χ2n) is 4.86. The number of fused-ring (bicyclic) bond motifs is 1. The van der Waals surface area contributed by atoms with E-state index in [1.54, 1.807) is 11.3 Å². The Kier molecular flexibility index (Phi) is 3.18. The molecule has 0 fully saturated rings. The molecule has 4 nitrogen and oxygen atoms in total. The van der Waals surface area contributed by atoms with E-state index in [-0.39, 0.29) is 0 Å². The third-order valence-corrected chi connectivity index (χ3v) is 4.77. The Balaban J connectivity index is 2.22. The minimum atomic E-state index is 0.552. The lowest BCUT2D eigenvalue weighted by Gasteiger charge is -2.06. The van der Waals surface area contributed by atoms with Crippen LogP contribution in [-0.4, -0.2) is 14.5 Å². The molecule has 0 atom stereocenters. The van der Waals surface area contributed by atoms with Gasteiger partial charge in [-0.05, 0) is 38.5 Å². The van der Waals surface area contributed by atoms with Gasteiger partial charge < -0.3 is 10.3 Å². The molecule has 0 aliphatic carbocycles. The van der Waals surface area contributed by atoms with Crippen molar-refractivity contribution in [1.29, 1.82) is 0 Å². The first-order valence-electron chi connectivity index (χ1n) is 6.31. The van der Waals surface area contributed by atoms with Gasteiger partial charge in [-0.15, -0.1) is 11.3 Å². The highest BCUT2D eigenvalue weighted by Gasteiger charge is 2.16. The number of aromatic nitrogens is 3. The fraction of sp³-hybridized carbons (Fsp3) is 0.286. The molecular formula is C14H15ClN4S. The molecule has 3 aromatic heterocycles. The molecule has 0 bridgehead atoms. The number of rotatable bonds is 2. The van der Waals surface area contributed by atoms with E-state index >= 15 is 0 Å². The van der Waals surface area contributed by atoms with Gasteiger partial charge in [0.25, 0.3) is 0 Å². The predicted octanol–water partition coefficient (Wildman–Crippen LogP) is 3.70. The van der Waals surface area contributed by atoms with Gasteiger partial charge in [-0.3, -0.25) is 0 Å². The molecule has 3 heterocycles. The van der Waals surface area contributed by atoms with Crippen molar-refractivity contribution in [1.82, 2.24) is 14.5 Å². The van der Waals surface area contributed by atoms with Gasteiger partial charge >= 0.3 is 0 Å². The van der Waals surface area contributed by atoms with Crippen molar-refractivity contribution in [3.8, 4) is 0 Å². The van der Waals surface area contributed by atoms with Crippen molar-refractivity contribution < 1.29 is 0 Å². The highest BCUT2D eigenvalue weighted by molar-refractivity contribution is 7.16. The SMILES string of the molecule is Cc1nc(N)c2c(C)c(C)n(Cc3ccc(Cl)s3)c2n1. The fourth-order valence-electron chi connectivity index (χ4n) is 2.46. The largest absolute Gasteiger partial charge is 0.383 e. The third kappa shape index (κ3) is 2.07. The number of hydrogen-bond acceptors (Lipinski definition) is 4. The molecule has 6 heteroatoms. The highest BCUT2D eigenvalue weighted by atomic mass is 35.5. The number of nitrogens with zero attached hydrogens (tertiary/aromatic N) is 3. The number of nitrogen functional groups attached to an aromatic ring is 1. The normalized spacial score (nSPS) is 11.4. The summed E-state index contributed by atoms with van der Waals surface area (Å²) in [7, 11) is 0. The summed E-state index contributed by atoms with van der Waals surface area (Å²) in [6, 6.07) is 3.97. The van der Waals surface area contributed by atoms with Gasteiger partial charge in [0.2, 0.25) is 0 Å². The van der Waals surface area contributed by atoms with Crippen LogP contribution in [0.15, 0.2) is 12.1 Å². The Morgan fingerprint density at radius 1 is 1.25 bits per heavy atom. The number of thiophene rings is 1. The molecule has 2 N–H and O–H groups in total. The molecule has 0 aliphatic heterocycles. The van der Waals surface area contributed by atoms with E-state index < -0.39 is 0 Å². The van der Waals surface area contributed by atoms with Crippen molar-refractivity contribution in [2.75, 3.05) is 5.73 Å². The predicted molar refractivity (Wildman–Crippen MR) is 84.6 cm³/mol. The Bertz CT molecular complexity index is 803. The van der Waals surface area contributed by atoms with Gasteiger partial charge in [-0.25, -0.2) is 9.97 Å². The van der Waals surface area contributed by atoms with Gasteiger partial charge in [0.15, 0.2) is 0 Å². The van der Waals surface area contributed by atoms with Crippen LogP contribution in [0, 0.1) is 20.8 Å². The molecule has 104 valence electrons. The standard InChI is InChI=1S/C14H15ClN4S/c1-7-8(2)19(6-10-4-5-11(15)20-10)14-12(7)13(16)17-9(3)18-14/h4-5H,6H2,1-3H3,(H2,16,17,18). The first-order chi connectivity index (χ1) is 9.47. The minimum Gasteiger partial charge on any atom is -0.383 e. The number of halogens is 1. The number of aryl methyl sites for hydroxylation is 2. The van der Waals surface area contributed by atoms with E-state index in [2.05, 4.69) is 28.4 Å². The van der Waals surface area contributed by atoms with Crippen LogP contribution in [0.5, 0.6) is 0 Å². The zero-order chi connectivity index (χ0) is 14.4. The zero-order valence-electron chi connectivity index (χ0n) is 11.6. The van der Waals surface area contributed by atoms with Crippen LogP contribution < -0.4 is 5.73 Å². The molecular weight excluding hydrogens is 292 g/mol. The van der Waals surface area contributed by atoms with Crippen LogP contribution >= 0.6 is 22.9 Å². The van der Waals surface area contributed by atoms with E-state index in [0.717, 1.165) is 33.2 Å². The maximum Gasteiger partial charge on any atom is 0.146 e. The van der Waals surface area contributed by atoms with Crippen molar-refractivity contribution in [2.24, 2.45) is 0 Å². The van der Waals surface area contributed by atoms with Crippen LogP contribution in [0.2, 0.25) is 4.34 Å². The molecule has 20 heavy (non-hydrogen) atoms. The van der Waals surface area contributed by atoms with Crippen molar-refractivity contribution in [3.63, 3.8) is 0 Å². The molecule has 0 aliphatic rings. The lowest BCUT2D eigenvalue weighted by atomic mass is 10.2. The first-order valence-corrected chi connectivity index (χ1v) is 7.50. The average molecular weight is 307 g/mol. The quantitative estimate of drug-likeness (QED) is 0.785. The zero-order valence-corrected chi connectivity index (χ0v) is 13.1. The second kappa shape index (κ2) is 4.75. The van der Waals surface area contributed by atoms with Crippen LogP contribution in [0.4, 0.5) is 5.82 Å². The Morgan fingerprint density at radius 3 is 2.65 bits per heavy atom. The number of hydrogen-bond donors (Lipinski definition) is 1. The minimum absolute atomic E-state index is 0.552. The number of nitrogens with two attached hydrogens (primary N) is 1. The molecule has 3 rings (SSSR count). The van der Waals surface area contributed by atoms with Gasteiger partial charge in [-0.2, -0.15) is 0 Å². The van der Waals surface area contributed by atoms with Crippen LogP contribution in [0.3, 0.4) is 0 Å². The average Bonchev–Trinajstić information content (AvgIpc) is 2.87. The van der Waals surface area contributed by atoms with Crippen LogP contribution in [-0.2, 0) is 6.54 Å². The Labute approximate surface area is 126 Å². The van der Waals surface area contributed by atoms with Crippen LogP contribution in [0.25, 0.3) is 11.0 Å². The van der Waals surface area contributed by atoms with Gasteiger partial charge in [0.1, 0.15) is 17.3 Å². The summed E-state index contributed by atoms with van der Waals surface area (Å²) in [5.41, 5.74) is 9.25. The Morgan fingerprint density at radius 2 is 2.00 bits per heavy atom. The smallest absolute Gasteiger partial charge is 0.146 e. The molecule has 0 saturated heterocycles. The van der Waals surface area contributed by atoms with Gasteiger partial charge in [0, 0.05) is 10.6 Å². The van der Waals surface area contributed by atoms with E-state index in [4.69, 9.17) is 17.3 Å². The van der Waals surface area contributed by atoms with E-state index in [9.17, 15) is 0 Å². The molecule has 0 saturated carbocycles. The Hall–Kier alpha value is -1.59. The maximum atomic E-state index is 6.05. The molecule has 0 spiro atoms. The van der Waals surface area contributed by atoms with Crippen molar-refractivity contribution in [3.05, 3.63) is 38.4 Å². The summed E-state index contributed by atoms with van der Waals surface area (Å²) in [5.74, 6) is 1.24. The highest BCUT2D eigenvalue weighted by Crippen LogP contribution is 2.30. The van der Waals surface area contributed by atoms with Gasteiger partial charge in [0.05, 0.1) is 16.3 Å². The second-order valence-corrected chi connectivity index (χ2v) is 6.66. The molecule has 0 unspecified atom stereocenters. The number of anilines is 1. The summed E-state index contributed by atoms with van der Waals surface area (Å²) >= 11 is 7.59. The van der Waals surface area contributed by atoms with E-state index in [1.165, 1.54) is 4.88 Å². The van der Waals surface area contributed by atoms with Crippen molar-refractivity contribution >= 4 is 39.8 Å². The summed E-state index contributed by atoms with van der Waals surface area (Å²) in [5, 5.41) is 0.954. The first kappa shape index (κ1) is 13.4. The summed E-state index contributed by atoms with van der Waals surface area (Å²) in [6.45, 7) is 6.76. The third-order valence-electron chi connectivity index (χ3n) is 3.55. The lowest BCUT2D eigenvalue weighted by molar-refractivity contribution is 0.799. The summed E-state index contributed by atoms with van der Waals surface area (Å²) in [4.78, 5) is 10.0. The van der Waals surface area contributed by atoms with Crippen molar-refractivity contribution in [2.45, 2.75) is 27.3 Å². The molecule has 3 aromatic rings. The van der Waals surface area contributed by atoms with Crippen LogP contribution in [0.1, 0.15) is 22.0 Å². The molecule has 0 amide bonds. The summed E-state index contributed by atoms with van der Waals surface area (Å²) in [6.07, 6.45) is 0. The molecule has 0 aromatic carbocycles. The fourth-order valence-corrected chi connectivity index (χ4v) is 3.54. The van der Waals surface area contributed by atoms with Gasteiger partial charge in [-0.1, -0.05) is 11.6 Å². The summed E-state index contributed by atoms with van der Waals surface area (Å²) < 4.78 is 2.98. The lowest BCUT2D eigenvalue weighted by Crippen LogP contribution is -2.03. The monoisotopic (exact) mass is 306 g/mol. The van der Waals surface area contributed by atoms with E-state index in [1.807, 2.05) is 19.1 Å². The maximum absolute atomic E-state index is 6.05. The van der Waals surface area contributed by atoms with E-state index in [0.29, 0.717) is 11.6 Å². The topological polar surface area (TPSA) is 56.7 Å². The molecule has 0 radical (unpaired) electrons.